The van der Waals surface area contributed by atoms with Crippen LogP contribution < -0.4 is 10.1 Å². The fraction of sp³-hybridized carbons (Fsp3) is 0.500. The van der Waals surface area contributed by atoms with Gasteiger partial charge in [-0.25, -0.2) is 0 Å². The minimum atomic E-state index is 0.611. The SMILES string of the molecule is CC=Cc1ccccc1OCCNC(CC)CC. The number of rotatable bonds is 8. The number of benzene rings is 1. The van der Waals surface area contributed by atoms with Gasteiger partial charge >= 0.3 is 0 Å². The summed E-state index contributed by atoms with van der Waals surface area (Å²) in [6.45, 7) is 8.06. The summed E-state index contributed by atoms with van der Waals surface area (Å²) in [4.78, 5) is 0. The molecule has 0 spiro atoms. The first-order valence-electron chi connectivity index (χ1n) is 6.89. The Morgan fingerprint density at radius 1 is 1.22 bits per heavy atom. The van der Waals surface area contributed by atoms with Crippen LogP contribution in [0, 0.1) is 0 Å². The maximum absolute atomic E-state index is 5.82. The van der Waals surface area contributed by atoms with Gasteiger partial charge < -0.3 is 10.1 Å². The molecule has 0 bridgehead atoms. The first kappa shape index (κ1) is 14.8. The molecule has 0 aliphatic carbocycles. The van der Waals surface area contributed by atoms with E-state index in [4.69, 9.17) is 4.74 Å². The molecule has 0 amide bonds. The van der Waals surface area contributed by atoms with Gasteiger partial charge in [0.05, 0.1) is 0 Å². The molecule has 100 valence electrons. The van der Waals surface area contributed by atoms with Crippen molar-refractivity contribution in [3.05, 3.63) is 35.9 Å². The van der Waals surface area contributed by atoms with Crippen molar-refractivity contribution in [2.24, 2.45) is 0 Å². The number of allylic oxidation sites excluding steroid dienone is 1. The molecule has 0 unspecified atom stereocenters. The number of para-hydroxylation sites is 1. The third-order valence-electron chi connectivity index (χ3n) is 3.04. The van der Waals surface area contributed by atoms with E-state index in [1.165, 1.54) is 12.8 Å². The molecule has 1 aromatic carbocycles. The summed E-state index contributed by atoms with van der Waals surface area (Å²) in [6, 6.07) is 8.75. The molecule has 1 N–H and O–H groups in total. The van der Waals surface area contributed by atoms with E-state index in [-0.39, 0.29) is 0 Å². The van der Waals surface area contributed by atoms with Crippen LogP contribution in [0.2, 0.25) is 0 Å². The molecule has 2 nitrogen and oxygen atoms in total. The standard InChI is InChI=1S/C16H25NO/c1-4-9-14-10-7-8-11-16(14)18-13-12-17-15(5-2)6-3/h4,7-11,15,17H,5-6,12-13H2,1-3H3. The summed E-state index contributed by atoms with van der Waals surface area (Å²) in [5, 5.41) is 3.50. The van der Waals surface area contributed by atoms with Crippen molar-refractivity contribution in [2.45, 2.75) is 39.7 Å². The number of nitrogens with one attached hydrogen (secondary N) is 1. The van der Waals surface area contributed by atoms with Crippen molar-refractivity contribution in [2.75, 3.05) is 13.2 Å². The highest BCUT2D eigenvalue weighted by molar-refractivity contribution is 5.56. The zero-order valence-electron chi connectivity index (χ0n) is 11.8. The highest BCUT2D eigenvalue weighted by Gasteiger charge is 2.02. The van der Waals surface area contributed by atoms with E-state index in [0.29, 0.717) is 12.6 Å². The summed E-state index contributed by atoms with van der Waals surface area (Å²) >= 11 is 0. The Balaban J connectivity index is 2.39. The second-order valence-corrected chi connectivity index (χ2v) is 4.35. The second-order valence-electron chi connectivity index (χ2n) is 4.35. The Bertz CT molecular complexity index is 356. The lowest BCUT2D eigenvalue weighted by atomic mass is 10.2. The van der Waals surface area contributed by atoms with Crippen LogP contribution in [0.4, 0.5) is 0 Å². The quantitative estimate of drug-likeness (QED) is 0.704. The van der Waals surface area contributed by atoms with Crippen molar-refractivity contribution < 1.29 is 4.74 Å². The third-order valence-corrected chi connectivity index (χ3v) is 3.04. The van der Waals surface area contributed by atoms with Gasteiger partial charge in [-0.2, -0.15) is 0 Å². The minimum absolute atomic E-state index is 0.611. The van der Waals surface area contributed by atoms with Gasteiger partial charge in [-0.15, -0.1) is 0 Å². The van der Waals surface area contributed by atoms with Crippen LogP contribution in [0.3, 0.4) is 0 Å². The van der Waals surface area contributed by atoms with Crippen molar-refractivity contribution in [1.82, 2.24) is 5.32 Å². The van der Waals surface area contributed by atoms with Crippen molar-refractivity contribution in [1.29, 1.82) is 0 Å². The maximum Gasteiger partial charge on any atom is 0.126 e. The number of ether oxygens (including phenoxy) is 1. The van der Waals surface area contributed by atoms with Crippen molar-refractivity contribution in [3.63, 3.8) is 0 Å². The highest BCUT2D eigenvalue weighted by Crippen LogP contribution is 2.19. The topological polar surface area (TPSA) is 21.3 Å². The highest BCUT2D eigenvalue weighted by atomic mass is 16.5. The lowest BCUT2D eigenvalue weighted by molar-refractivity contribution is 0.302. The van der Waals surface area contributed by atoms with E-state index in [1.54, 1.807) is 0 Å². The predicted molar refractivity (Wildman–Crippen MR) is 79.0 cm³/mol. The van der Waals surface area contributed by atoms with E-state index in [9.17, 15) is 0 Å². The van der Waals surface area contributed by atoms with Gasteiger partial charge in [0.25, 0.3) is 0 Å². The van der Waals surface area contributed by atoms with Crippen LogP contribution in [-0.4, -0.2) is 19.2 Å². The fourth-order valence-corrected chi connectivity index (χ4v) is 1.93. The zero-order chi connectivity index (χ0) is 13.2. The first-order valence-corrected chi connectivity index (χ1v) is 6.89. The van der Waals surface area contributed by atoms with Crippen LogP contribution >= 0.6 is 0 Å². The molecule has 0 saturated heterocycles. The predicted octanol–water partition coefficient (Wildman–Crippen LogP) is 3.88. The molecular weight excluding hydrogens is 222 g/mol. The van der Waals surface area contributed by atoms with Gasteiger partial charge in [-0.05, 0) is 25.8 Å². The lowest BCUT2D eigenvalue weighted by Crippen LogP contribution is -2.31. The summed E-state index contributed by atoms with van der Waals surface area (Å²) in [7, 11) is 0. The first-order chi connectivity index (χ1) is 8.81. The average molecular weight is 247 g/mol. The van der Waals surface area contributed by atoms with E-state index >= 15 is 0 Å². The van der Waals surface area contributed by atoms with E-state index < -0.39 is 0 Å². The molecule has 0 saturated carbocycles. The van der Waals surface area contributed by atoms with Gasteiger partial charge in [-0.1, -0.05) is 44.2 Å². The maximum atomic E-state index is 5.82. The Hall–Kier alpha value is -1.28. The lowest BCUT2D eigenvalue weighted by Gasteiger charge is -2.15. The zero-order valence-corrected chi connectivity index (χ0v) is 11.8. The van der Waals surface area contributed by atoms with Gasteiger partial charge in [-0.3, -0.25) is 0 Å². The van der Waals surface area contributed by atoms with Crippen LogP contribution in [0.25, 0.3) is 6.08 Å². The number of hydrogen-bond acceptors (Lipinski definition) is 2. The Kier molecular flexibility index (Phi) is 7.19. The smallest absolute Gasteiger partial charge is 0.126 e. The summed E-state index contributed by atoms with van der Waals surface area (Å²) < 4.78 is 5.82. The molecule has 1 aromatic rings. The van der Waals surface area contributed by atoms with Crippen molar-refractivity contribution in [3.8, 4) is 5.75 Å². The molecule has 0 aromatic heterocycles. The summed E-state index contributed by atoms with van der Waals surface area (Å²) in [5.74, 6) is 0.960. The number of hydrogen-bond donors (Lipinski definition) is 1. The Morgan fingerprint density at radius 2 is 1.94 bits per heavy atom. The van der Waals surface area contributed by atoms with Gasteiger partial charge in [0.15, 0.2) is 0 Å². The molecule has 1 rings (SSSR count). The largest absolute Gasteiger partial charge is 0.492 e. The van der Waals surface area contributed by atoms with Gasteiger partial charge in [0.2, 0.25) is 0 Å². The monoisotopic (exact) mass is 247 g/mol. The van der Waals surface area contributed by atoms with E-state index in [2.05, 4.69) is 31.3 Å². The van der Waals surface area contributed by atoms with E-state index in [0.717, 1.165) is 17.9 Å². The van der Waals surface area contributed by atoms with E-state index in [1.807, 2.05) is 31.2 Å². The molecule has 0 radical (unpaired) electrons. The molecule has 0 heterocycles. The van der Waals surface area contributed by atoms with Gasteiger partial charge in [0.1, 0.15) is 12.4 Å². The summed E-state index contributed by atoms with van der Waals surface area (Å²) in [6.07, 6.45) is 6.45. The van der Waals surface area contributed by atoms with Crippen LogP contribution in [-0.2, 0) is 0 Å². The molecule has 0 aliphatic heterocycles. The third kappa shape index (κ3) is 4.92. The Morgan fingerprint density at radius 3 is 2.61 bits per heavy atom. The molecule has 0 aliphatic rings. The second kappa shape index (κ2) is 8.76. The van der Waals surface area contributed by atoms with Crippen molar-refractivity contribution >= 4 is 6.08 Å². The minimum Gasteiger partial charge on any atom is -0.492 e. The molecule has 18 heavy (non-hydrogen) atoms. The van der Waals surface area contributed by atoms with Gasteiger partial charge in [0, 0.05) is 18.2 Å². The van der Waals surface area contributed by atoms with Crippen LogP contribution in [0.1, 0.15) is 39.2 Å². The molecule has 2 heteroatoms. The molecular formula is C16H25NO. The fourth-order valence-electron chi connectivity index (χ4n) is 1.93. The van der Waals surface area contributed by atoms with Crippen LogP contribution in [0.15, 0.2) is 30.3 Å². The van der Waals surface area contributed by atoms with Crippen LogP contribution in [0.5, 0.6) is 5.75 Å². The normalized spacial score (nSPS) is 11.3. The average Bonchev–Trinajstić information content (AvgIpc) is 2.41. The summed E-state index contributed by atoms with van der Waals surface area (Å²) in [5.41, 5.74) is 1.14. The molecule has 0 atom stereocenters. The Labute approximate surface area is 111 Å². The molecule has 0 fully saturated rings.